The summed E-state index contributed by atoms with van der Waals surface area (Å²) < 4.78 is 7.23. The van der Waals surface area contributed by atoms with Crippen LogP contribution in [0, 0.1) is 0 Å². The number of rotatable bonds is 9. The van der Waals surface area contributed by atoms with Crippen LogP contribution in [-0.4, -0.2) is 41.0 Å². The fourth-order valence-corrected chi connectivity index (χ4v) is 4.15. The van der Waals surface area contributed by atoms with Gasteiger partial charge in [0.25, 0.3) is 5.56 Å². The van der Waals surface area contributed by atoms with Gasteiger partial charge in [-0.25, -0.2) is 4.98 Å². The molecule has 0 spiro atoms. The molecule has 6 nitrogen and oxygen atoms in total. The van der Waals surface area contributed by atoms with E-state index >= 15 is 0 Å². The van der Waals surface area contributed by atoms with Crippen LogP contribution in [0.2, 0.25) is 5.02 Å². The summed E-state index contributed by atoms with van der Waals surface area (Å²) in [5.41, 5.74) is 1.20. The maximum Gasteiger partial charge on any atom is 0.262 e. The topological polar surface area (TPSA) is 64.4 Å². The first-order valence-electron chi connectivity index (χ1n) is 10.1. The van der Waals surface area contributed by atoms with E-state index in [4.69, 9.17) is 16.3 Å². The number of nitrogens with zero attached hydrogens (tertiary/aromatic N) is 3. The molecule has 0 radical (unpaired) electrons. The van der Waals surface area contributed by atoms with Gasteiger partial charge in [0.05, 0.1) is 22.8 Å². The van der Waals surface area contributed by atoms with Gasteiger partial charge in [0.2, 0.25) is 5.91 Å². The van der Waals surface area contributed by atoms with Gasteiger partial charge in [0.15, 0.2) is 5.16 Å². The van der Waals surface area contributed by atoms with E-state index in [9.17, 15) is 9.59 Å². The Bertz CT molecular complexity index is 1100. The molecule has 1 heterocycles. The molecule has 0 aliphatic heterocycles. The molecule has 0 unspecified atom stereocenters. The maximum absolute atomic E-state index is 13.1. The Balaban J connectivity index is 1.83. The molecular weight excluding hydrogens is 434 g/mol. The Hall–Kier alpha value is -2.35. The summed E-state index contributed by atoms with van der Waals surface area (Å²) in [6.07, 6.45) is 0.804. The minimum absolute atomic E-state index is 0.0775. The van der Waals surface area contributed by atoms with Gasteiger partial charge in [0, 0.05) is 30.9 Å². The average Bonchev–Trinajstić information content (AvgIpc) is 2.76. The minimum atomic E-state index is -0.141. The number of para-hydroxylation sites is 1. The Labute approximate surface area is 191 Å². The summed E-state index contributed by atoms with van der Waals surface area (Å²) >= 11 is 7.35. The second-order valence-corrected chi connectivity index (χ2v) is 8.74. The monoisotopic (exact) mass is 459 g/mol. The molecule has 0 saturated carbocycles. The van der Waals surface area contributed by atoms with Gasteiger partial charge in [0.1, 0.15) is 0 Å². The molecule has 0 saturated heterocycles. The molecule has 3 aromatic rings. The van der Waals surface area contributed by atoms with Crippen LogP contribution in [-0.2, 0) is 16.1 Å². The van der Waals surface area contributed by atoms with Crippen LogP contribution >= 0.6 is 23.4 Å². The summed E-state index contributed by atoms with van der Waals surface area (Å²) in [4.78, 5) is 32.1. The van der Waals surface area contributed by atoms with Crippen molar-refractivity contribution < 1.29 is 9.53 Å². The lowest BCUT2D eigenvalue weighted by Gasteiger charge is -2.18. The predicted molar refractivity (Wildman–Crippen MR) is 127 cm³/mol. The maximum atomic E-state index is 13.1. The zero-order valence-corrected chi connectivity index (χ0v) is 19.4. The van der Waals surface area contributed by atoms with E-state index in [2.05, 4.69) is 4.98 Å². The van der Waals surface area contributed by atoms with Crippen molar-refractivity contribution in [2.45, 2.75) is 38.1 Å². The number of benzene rings is 2. The van der Waals surface area contributed by atoms with E-state index in [0.717, 1.165) is 5.69 Å². The normalized spacial score (nSPS) is 11.3. The highest BCUT2D eigenvalue weighted by Gasteiger charge is 2.16. The summed E-state index contributed by atoms with van der Waals surface area (Å²) in [6, 6.07) is 14.5. The van der Waals surface area contributed by atoms with Crippen molar-refractivity contribution in [3.8, 4) is 0 Å². The van der Waals surface area contributed by atoms with Crippen LogP contribution < -0.4 is 10.5 Å². The minimum Gasteiger partial charge on any atom is -0.379 e. The van der Waals surface area contributed by atoms with Crippen molar-refractivity contribution in [2.24, 2.45) is 0 Å². The largest absolute Gasteiger partial charge is 0.379 e. The number of amides is 1. The van der Waals surface area contributed by atoms with Gasteiger partial charge < -0.3 is 9.64 Å². The molecule has 0 atom stereocenters. The third-order valence-corrected chi connectivity index (χ3v) is 5.90. The van der Waals surface area contributed by atoms with Crippen molar-refractivity contribution in [3.63, 3.8) is 0 Å². The summed E-state index contributed by atoms with van der Waals surface area (Å²) in [5.74, 6) is 0.0817. The first-order chi connectivity index (χ1) is 14.9. The zero-order chi connectivity index (χ0) is 22.4. The van der Waals surface area contributed by atoms with E-state index in [1.807, 2.05) is 44.2 Å². The Kier molecular flexibility index (Phi) is 8.12. The van der Waals surface area contributed by atoms with Crippen molar-refractivity contribution in [2.75, 3.05) is 24.3 Å². The Morgan fingerprint density at radius 3 is 2.68 bits per heavy atom. The number of hydrogen-bond acceptors (Lipinski definition) is 5. The lowest BCUT2D eigenvalue weighted by atomic mass is 10.2. The number of carbonyl (C=O) groups excluding carboxylic acids is 1. The van der Waals surface area contributed by atoms with Gasteiger partial charge in [-0.3, -0.25) is 14.2 Å². The van der Waals surface area contributed by atoms with Gasteiger partial charge in [-0.15, -0.1) is 0 Å². The van der Waals surface area contributed by atoms with Crippen molar-refractivity contribution in [1.82, 2.24) is 9.55 Å². The Morgan fingerprint density at radius 1 is 1.23 bits per heavy atom. The van der Waals surface area contributed by atoms with Crippen LogP contribution in [0.5, 0.6) is 0 Å². The number of halogens is 1. The van der Waals surface area contributed by atoms with E-state index in [1.165, 1.54) is 11.8 Å². The number of thioether (sulfide) groups is 1. The zero-order valence-electron chi connectivity index (χ0n) is 17.9. The van der Waals surface area contributed by atoms with Crippen LogP contribution in [0.3, 0.4) is 0 Å². The van der Waals surface area contributed by atoms with E-state index in [0.29, 0.717) is 40.7 Å². The summed E-state index contributed by atoms with van der Waals surface area (Å²) in [7, 11) is 1.74. The van der Waals surface area contributed by atoms with Gasteiger partial charge in [-0.05, 0) is 50.6 Å². The number of fused-ring (bicyclic) bond motifs is 1. The summed E-state index contributed by atoms with van der Waals surface area (Å²) in [5, 5.41) is 1.52. The number of aromatic nitrogens is 2. The van der Waals surface area contributed by atoms with Crippen molar-refractivity contribution in [1.29, 1.82) is 0 Å². The predicted octanol–water partition coefficient (Wildman–Crippen LogP) is 4.62. The molecule has 0 bridgehead atoms. The van der Waals surface area contributed by atoms with Crippen LogP contribution in [0.4, 0.5) is 5.69 Å². The Morgan fingerprint density at radius 2 is 1.97 bits per heavy atom. The van der Waals surface area contributed by atoms with Crippen LogP contribution in [0.1, 0.15) is 20.3 Å². The second-order valence-electron chi connectivity index (χ2n) is 7.36. The molecule has 8 heteroatoms. The number of anilines is 1. The highest BCUT2D eigenvalue weighted by molar-refractivity contribution is 7.99. The van der Waals surface area contributed by atoms with Gasteiger partial charge >= 0.3 is 0 Å². The molecule has 0 N–H and O–H groups in total. The molecular formula is C23H26ClN3O3S. The molecule has 0 aliphatic carbocycles. The first kappa shape index (κ1) is 23.3. The average molecular weight is 460 g/mol. The quantitative estimate of drug-likeness (QED) is 0.265. The molecule has 31 heavy (non-hydrogen) atoms. The standard InChI is InChI=1S/C23H26ClN3O3S/c1-16(2)30-13-7-12-27-22(29)19-11-10-17(24)14-20(19)25-23(27)31-15-21(28)26(3)18-8-5-4-6-9-18/h4-6,8-11,14,16H,7,12-13,15H2,1-3H3. The molecule has 0 fully saturated rings. The smallest absolute Gasteiger partial charge is 0.262 e. The summed E-state index contributed by atoms with van der Waals surface area (Å²) in [6.45, 7) is 4.96. The lowest BCUT2D eigenvalue weighted by molar-refractivity contribution is -0.115. The number of hydrogen-bond donors (Lipinski definition) is 0. The number of carbonyl (C=O) groups is 1. The third kappa shape index (κ3) is 6.09. The molecule has 1 amide bonds. The van der Waals surface area contributed by atoms with E-state index in [1.54, 1.807) is 34.7 Å². The van der Waals surface area contributed by atoms with E-state index in [-0.39, 0.29) is 23.3 Å². The van der Waals surface area contributed by atoms with Crippen molar-refractivity contribution in [3.05, 3.63) is 63.9 Å². The molecule has 0 aliphatic rings. The SMILES string of the molecule is CC(C)OCCCn1c(SCC(=O)N(C)c2ccccc2)nc2cc(Cl)ccc2c1=O. The highest BCUT2D eigenvalue weighted by atomic mass is 35.5. The first-order valence-corrected chi connectivity index (χ1v) is 11.5. The second kappa shape index (κ2) is 10.8. The third-order valence-electron chi connectivity index (χ3n) is 4.70. The fraction of sp³-hybridized carbons (Fsp3) is 0.348. The molecule has 1 aromatic heterocycles. The molecule has 3 rings (SSSR count). The van der Waals surface area contributed by atoms with Crippen LogP contribution in [0.15, 0.2) is 58.5 Å². The number of ether oxygens (including phenoxy) is 1. The van der Waals surface area contributed by atoms with Crippen LogP contribution in [0.25, 0.3) is 10.9 Å². The fourth-order valence-electron chi connectivity index (χ4n) is 3.04. The van der Waals surface area contributed by atoms with Gasteiger partial charge in [-0.2, -0.15) is 0 Å². The molecule has 164 valence electrons. The van der Waals surface area contributed by atoms with E-state index < -0.39 is 0 Å². The highest BCUT2D eigenvalue weighted by Crippen LogP contribution is 2.22. The molecule has 2 aromatic carbocycles. The lowest BCUT2D eigenvalue weighted by Crippen LogP contribution is -2.29. The van der Waals surface area contributed by atoms with Gasteiger partial charge in [-0.1, -0.05) is 41.6 Å². The van der Waals surface area contributed by atoms with Crippen molar-refractivity contribution >= 4 is 45.9 Å².